The molecule has 0 aliphatic carbocycles. The highest BCUT2D eigenvalue weighted by Gasteiger charge is 2.27. The van der Waals surface area contributed by atoms with Crippen molar-refractivity contribution in [2.75, 3.05) is 34.4 Å². The summed E-state index contributed by atoms with van der Waals surface area (Å²) in [6, 6.07) is 5.04. The number of carbonyl (C=O) groups is 1. The van der Waals surface area contributed by atoms with E-state index in [0.717, 1.165) is 12.8 Å². The van der Waals surface area contributed by atoms with Gasteiger partial charge < -0.3 is 23.8 Å². The molecule has 0 radical (unpaired) electrons. The molecular formula is C19H23N3O5. The highest BCUT2D eigenvalue weighted by molar-refractivity contribution is 5.95. The third kappa shape index (κ3) is 4.21. The summed E-state index contributed by atoms with van der Waals surface area (Å²) < 4.78 is 21.9. The second-order valence-electron chi connectivity index (χ2n) is 6.09. The summed E-state index contributed by atoms with van der Waals surface area (Å²) in [5, 5.41) is 0. The lowest BCUT2D eigenvalue weighted by Gasteiger charge is -2.32. The number of likely N-dealkylation sites (tertiary alicyclic amines) is 1. The number of amides is 1. The number of methoxy groups -OCH3 is 3. The molecule has 0 N–H and O–H groups in total. The van der Waals surface area contributed by atoms with Crippen molar-refractivity contribution in [1.29, 1.82) is 0 Å². The molecule has 1 aliphatic rings. The summed E-state index contributed by atoms with van der Waals surface area (Å²) in [5.74, 6) is 1.76. The summed E-state index contributed by atoms with van der Waals surface area (Å²) in [6.45, 7) is 1.15. The zero-order chi connectivity index (χ0) is 19.2. The molecule has 144 valence electrons. The van der Waals surface area contributed by atoms with Gasteiger partial charge in [-0.25, -0.2) is 9.97 Å². The van der Waals surface area contributed by atoms with Crippen LogP contribution in [0.2, 0.25) is 0 Å². The van der Waals surface area contributed by atoms with Gasteiger partial charge in [0.05, 0.1) is 27.9 Å². The van der Waals surface area contributed by atoms with Crippen LogP contribution in [0.4, 0.5) is 0 Å². The van der Waals surface area contributed by atoms with Crippen LogP contribution < -0.4 is 18.9 Å². The molecule has 27 heavy (non-hydrogen) atoms. The van der Waals surface area contributed by atoms with E-state index in [1.54, 1.807) is 29.3 Å². The maximum atomic E-state index is 13.0. The third-order valence-electron chi connectivity index (χ3n) is 4.42. The second-order valence-corrected chi connectivity index (χ2v) is 6.09. The zero-order valence-corrected chi connectivity index (χ0v) is 15.7. The van der Waals surface area contributed by atoms with Crippen molar-refractivity contribution in [3.05, 3.63) is 36.3 Å². The number of aromatic nitrogens is 2. The lowest BCUT2D eigenvalue weighted by molar-refractivity contribution is 0.0526. The van der Waals surface area contributed by atoms with Crippen molar-refractivity contribution in [3.8, 4) is 23.1 Å². The van der Waals surface area contributed by atoms with Crippen LogP contribution >= 0.6 is 0 Å². The van der Waals surface area contributed by atoms with Crippen LogP contribution in [0.5, 0.6) is 23.1 Å². The topological polar surface area (TPSA) is 83.0 Å². The van der Waals surface area contributed by atoms with Gasteiger partial charge in [-0.2, -0.15) is 0 Å². The van der Waals surface area contributed by atoms with E-state index in [4.69, 9.17) is 18.9 Å². The monoisotopic (exact) mass is 373 g/mol. The number of ether oxygens (including phenoxy) is 4. The summed E-state index contributed by atoms with van der Waals surface area (Å²) in [5.41, 5.74) is 0.479. The van der Waals surface area contributed by atoms with Crippen molar-refractivity contribution < 1.29 is 23.7 Å². The smallest absolute Gasteiger partial charge is 0.254 e. The fourth-order valence-corrected chi connectivity index (χ4v) is 3.13. The van der Waals surface area contributed by atoms with E-state index >= 15 is 0 Å². The number of piperidine rings is 1. The van der Waals surface area contributed by atoms with Gasteiger partial charge in [0.2, 0.25) is 11.6 Å². The van der Waals surface area contributed by atoms with Crippen LogP contribution in [0.1, 0.15) is 23.2 Å². The minimum atomic E-state index is -0.111. The third-order valence-corrected chi connectivity index (χ3v) is 4.42. The predicted molar refractivity (Wildman–Crippen MR) is 97.7 cm³/mol. The normalized spacial score (nSPS) is 16.6. The molecule has 0 bridgehead atoms. The van der Waals surface area contributed by atoms with Crippen molar-refractivity contribution in [2.45, 2.75) is 18.9 Å². The van der Waals surface area contributed by atoms with Crippen molar-refractivity contribution in [3.63, 3.8) is 0 Å². The van der Waals surface area contributed by atoms with Crippen LogP contribution in [-0.4, -0.2) is 61.3 Å². The van der Waals surface area contributed by atoms with E-state index in [0.29, 0.717) is 41.8 Å². The first kappa shape index (κ1) is 18.8. The Labute approximate surface area is 158 Å². The summed E-state index contributed by atoms with van der Waals surface area (Å²) in [7, 11) is 4.58. The van der Waals surface area contributed by atoms with Crippen LogP contribution in [0.15, 0.2) is 30.7 Å². The van der Waals surface area contributed by atoms with Gasteiger partial charge >= 0.3 is 0 Å². The number of hydrogen-bond donors (Lipinski definition) is 0. The molecule has 1 fully saturated rings. The Bertz CT molecular complexity index is 759. The number of nitrogens with zero attached hydrogens (tertiary/aromatic N) is 3. The average molecular weight is 373 g/mol. The molecule has 1 saturated heterocycles. The van der Waals surface area contributed by atoms with Gasteiger partial charge in [0, 0.05) is 24.4 Å². The van der Waals surface area contributed by atoms with Gasteiger partial charge in [0.25, 0.3) is 5.91 Å². The lowest BCUT2D eigenvalue weighted by atomic mass is 10.1. The summed E-state index contributed by atoms with van der Waals surface area (Å²) in [6.07, 6.45) is 4.68. The van der Waals surface area contributed by atoms with Crippen molar-refractivity contribution in [2.24, 2.45) is 0 Å². The van der Waals surface area contributed by atoms with Gasteiger partial charge in [-0.1, -0.05) is 0 Å². The Kier molecular flexibility index (Phi) is 5.95. The quantitative estimate of drug-likeness (QED) is 0.767. The Hall–Kier alpha value is -3.03. The Balaban J connectivity index is 1.76. The molecular weight excluding hydrogens is 350 g/mol. The standard InChI is InChI=1S/C19H23N3O5/c1-24-15-9-13(10-16(25-2)18(15)26-3)19(23)22-8-4-5-14(11-22)27-17-6-7-20-12-21-17/h6-7,9-10,12,14H,4-5,8,11H2,1-3H3. The summed E-state index contributed by atoms with van der Waals surface area (Å²) in [4.78, 5) is 22.8. The minimum Gasteiger partial charge on any atom is -0.493 e. The largest absolute Gasteiger partial charge is 0.493 e. The van der Waals surface area contributed by atoms with Crippen LogP contribution in [0.25, 0.3) is 0 Å². The van der Waals surface area contributed by atoms with Gasteiger partial charge in [-0.15, -0.1) is 0 Å². The highest BCUT2D eigenvalue weighted by Crippen LogP contribution is 2.38. The van der Waals surface area contributed by atoms with E-state index < -0.39 is 0 Å². The minimum absolute atomic E-state index is 0.106. The maximum Gasteiger partial charge on any atom is 0.254 e. The van der Waals surface area contributed by atoms with E-state index in [2.05, 4.69) is 9.97 Å². The van der Waals surface area contributed by atoms with Crippen molar-refractivity contribution in [1.82, 2.24) is 14.9 Å². The maximum absolute atomic E-state index is 13.0. The Morgan fingerprint density at radius 1 is 1.15 bits per heavy atom. The molecule has 0 saturated carbocycles. The van der Waals surface area contributed by atoms with Crippen molar-refractivity contribution >= 4 is 5.91 Å². The molecule has 2 aromatic rings. The zero-order valence-electron chi connectivity index (χ0n) is 15.7. The predicted octanol–water partition coefficient (Wildman–Crippen LogP) is 2.19. The fraction of sp³-hybridized carbons (Fsp3) is 0.421. The Morgan fingerprint density at radius 3 is 2.48 bits per heavy atom. The number of rotatable bonds is 6. The molecule has 3 rings (SSSR count). The van der Waals surface area contributed by atoms with Crippen LogP contribution in [0.3, 0.4) is 0 Å². The Morgan fingerprint density at radius 2 is 1.89 bits per heavy atom. The molecule has 1 aliphatic heterocycles. The first-order chi connectivity index (χ1) is 13.2. The molecule has 1 unspecified atom stereocenters. The van der Waals surface area contributed by atoms with E-state index in [1.807, 2.05) is 0 Å². The first-order valence-corrected chi connectivity index (χ1v) is 8.68. The number of hydrogen-bond acceptors (Lipinski definition) is 7. The molecule has 1 aromatic heterocycles. The van der Waals surface area contributed by atoms with Gasteiger partial charge in [0.15, 0.2) is 11.5 Å². The van der Waals surface area contributed by atoms with Gasteiger partial charge in [0.1, 0.15) is 12.4 Å². The molecule has 2 heterocycles. The molecule has 1 amide bonds. The highest BCUT2D eigenvalue weighted by atomic mass is 16.5. The van der Waals surface area contributed by atoms with E-state index in [1.165, 1.54) is 27.7 Å². The number of benzene rings is 1. The molecule has 0 spiro atoms. The van der Waals surface area contributed by atoms with E-state index in [-0.39, 0.29) is 12.0 Å². The second kappa shape index (κ2) is 8.57. The van der Waals surface area contributed by atoms with Gasteiger partial charge in [-0.05, 0) is 25.0 Å². The SMILES string of the molecule is COc1cc(C(=O)N2CCCC(Oc3ccncn3)C2)cc(OC)c1OC. The van der Waals surface area contributed by atoms with Gasteiger partial charge in [-0.3, -0.25) is 4.79 Å². The summed E-state index contributed by atoms with van der Waals surface area (Å²) >= 11 is 0. The van der Waals surface area contributed by atoms with E-state index in [9.17, 15) is 4.79 Å². The molecule has 1 aromatic carbocycles. The lowest BCUT2D eigenvalue weighted by Crippen LogP contribution is -2.44. The molecule has 1 atom stereocenters. The van der Waals surface area contributed by atoms with Crippen LogP contribution in [0, 0.1) is 0 Å². The van der Waals surface area contributed by atoms with Crippen LogP contribution in [-0.2, 0) is 0 Å². The molecule has 8 nitrogen and oxygen atoms in total. The average Bonchev–Trinajstić information content (AvgIpc) is 2.73. The first-order valence-electron chi connectivity index (χ1n) is 8.68. The fourth-order valence-electron chi connectivity index (χ4n) is 3.13. The molecule has 8 heteroatoms. The number of carbonyl (C=O) groups excluding carboxylic acids is 1.